The highest BCUT2D eigenvalue weighted by molar-refractivity contribution is 5.47. The summed E-state index contributed by atoms with van der Waals surface area (Å²) < 4.78 is 0. The van der Waals surface area contributed by atoms with E-state index in [0.29, 0.717) is 0 Å². The molecule has 2 aromatic carbocycles. The van der Waals surface area contributed by atoms with Gasteiger partial charge in [0, 0.05) is 11.7 Å². The van der Waals surface area contributed by atoms with Gasteiger partial charge in [0.15, 0.2) is 0 Å². The minimum Gasteiger partial charge on any atom is -0.392 e. The van der Waals surface area contributed by atoms with Gasteiger partial charge < -0.3 is 10.4 Å². The Balaban J connectivity index is 2.13. The van der Waals surface area contributed by atoms with Crippen LogP contribution in [-0.2, 0) is 6.61 Å². The largest absolute Gasteiger partial charge is 0.392 e. The maximum Gasteiger partial charge on any atom is 0.0681 e. The van der Waals surface area contributed by atoms with Crippen molar-refractivity contribution < 1.29 is 5.11 Å². The molecule has 0 aliphatic carbocycles. The normalized spacial score (nSPS) is 12.2. The molecule has 0 fully saturated rings. The van der Waals surface area contributed by atoms with Gasteiger partial charge in [0.25, 0.3) is 0 Å². The molecule has 0 bridgehead atoms. The molecule has 19 heavy (non-hydrogen) atoms. The highest BCUT2D eigenvalue weighted by atomic mass is 16.3. The fourth-order valence-corrected chi connectivity index (χ4v) is 2.30. The van der Waals surface area contributed by atoms with Crippen molar-refractivity contribution in [2.24, 2.45) is 0 Å². The van der Waals surface area contributed by atoms with Gasteiger partial charge in [0.1, 0.15) is 0 Å². The van der Waals surface area contributed by atoms with Crippen LogP contribution in [0.2, 0.25) is 0 Å². The fourth-order valence-electron chi connectivity index (χ4n) is 2.30. The number of nitrogens with one attached hydrogen (secondary N) is 1. The zero-order valence-corrected chi connectivity index (χ0v) is 11.8. The van der Waals surface area contributed by atoms with Crippen LogP contribution in [0.25, 0.3) is 0 Å². The molecule has 0 aromatic heterocycles. The molecule has 0 saturated carbocycles. The third-order valence-corrected chi connectivity index (χ3v) is 3.26. The van der Waals surface area contributed by atoms with Crippen molar-refractivity contribution in [1.82, 2.24) is 0 Å². The van der Waals surface area contributed by atoms with Gasteiger partial charge in [-0.1, -0.05) is 41.5 Å². The van der Waals surface area contributed by atoms with Crippen LogP contribution < -0.4 is 5.32 Å². The van der Waals surface area contributed by atoms with E-state index in [1.54, 1.807) is 0 Å². The Morgan fingerprint density at radius 1 is 1.00 bits per heavy atom. The van der Waals surface area contributed by atoms with Crippen LogP contribution >= 0.6 is 0 Å². The van der Waals surface area contributed by atoms with E-state index >= 15 is 0 Å². The van der Waals surface area contributed by atoms with E-state index in [1.165, 1.54) is 16.7 Å². The van der Waals surface area contributed by atoms with Crippen LogP contribution in [0.3, 0.4) is 0 Å². The summed E-state index contributed by atoms with van der Waals surface area (Å²) in [6, 6.07) is 14.8. The Bertz CT molecular complexity index is 525. The van der Waals surface area contributed by atoms with Crippen LogP contribution in [-0.4, -0.2) is 5.11 Å². The molecular formula is C17H21NO. The Labute approximate surface area is 115 Å². The number of hydrogen-bond donors (Lipinski definition) is 2. The summed E-state index contributed by atoms with van der Waals surface area (Å²) in [4.78, 5) is 0. The standard InChI is InChI=1S/C17H21NO/c1-12-8-13(2)10-16(9-12)14(3)18-17-6-4-15(11-19)5-7-17/h4-10,14,18-19H,11H2,1-3H3. The number of aliphatic hydroxyl groups excluding tert-OH is 1. The van der Waals surface area contributed by atoms with Gasteiger partial charge in [-0.15, -0.1) is 0 Å². The summed E-state index contributed by atoms with van der Waals surface area (Å²) in [6.45, 7) is 6.50. The van der Waals surface area contributed by atoms with Crippen molar-refractivity contribution in [3.63, 3.8) is 0 Å². The Kier molecular flexibility index (Phi) is 4.23. The van der Waals surface area contributed by atoms with E-state index in [-0.39, 0.29) is 12.6 Å². The molecule has 2 rings (SSSR count). The van der Waals surface area contributed by atoms with Crippen LogP contribution in [0, 0.1) is 13.8 Å². The van der Waals surface area contributed by atoms with E-state index in [4.69, 9.17) is 5.11 Å². The summed E-state index contributed by atoms with van der Waals surface area (Å²) in [5.41, 5.74) is 5.88. The van der Waals surface area contributed by atoms with Gasteiger partial charge in [0.05, 0.1) is 6.61 Å². The number of rotatable bonds is 4. The van der Waals surface area contributed by atoms with E-state index in [2.05, 4.69) is 44.3 Å². The van der Waals surface area contributed by atoms with Crippen LogP contribution in [0.5, 0.6) is 0 Å². The highest BCUT2D eigenvalue weighted by Crippen LogP contribution is 2.21. The van der Waals surface area contributed by atoms with Gasteiger partial charge in [-0.2, -0.15) is 0 Å². The van der Waals surface area contributed by atoms with Gasteiger partial charge in [0.2, 0.25) is 0 Å². The maximum atomic E-state index is 9.03. The summed E-state index contributed by atoms with van der Waals surface area (Å²) in [5.74, 6) is 0. The smallest absolute Gasteiger partial charge is 0.0681 e. The van der Waals surface area contributed by atoms with Crippen molar-refractivity contribution >= 4 is 5.69 Å². The molecular weight excluding hydrogens is 234 g/mol. The molecule has 2 nitrogen and oxygen atoms in total. The summed E-state index contributed by atoms with van der Waals surface area (Å²) in [7, 11) is 0. The quantitative estimate of drug-likeness (QED) is 0.866. The lowest BCUT2D eigenvalue weighted by Gasteiger charge is -2.17. The van der Waals surface area contributed by atoms with Gasteiger partial charge in [-0.05, 0) is 44.0 Å². The van der Waals surface area contributed by atoms with E-state index in [1.807, 2.05) is 24.3 Å². The van der Waals surface area contributed by atoms with Gasteiger partial charge in [-0.25, -0.2) is 0 Å². The predicted octanol–water partition coefficient (Wildman–Crippen LogP) is 3.97. The second kappa shape index (κ2) is 5.89. The average Bonchev–Trinajstić information content (AvgIpc) is 2.38. The van der Waals surface area contributed by atoms with Crippen molar-refractivity contribution in [3.05, 3.63) is 64.7 Å². The number of hydrogen-bond acceptors (Lipinski definition) is 2. The second-order valence-electron chi connectivity index (χ2n) is 5.14. The molecule has 1 unspecified atom stereocenters. The molecule has 1 atom stereocenters. The fraction of sp³-hybridized carbons (Fsp3) is 0.294. The number of anilines is 1. The molecule has 0 aliphatic rings. The van der Waals surface area contributed by atoms with Crippen molar-refractivity contribution in [1.29, 1.82) is 0 Å². The highest BCUT2D eigenvalue weighted by Gasteiger charge is 2.06. The van der Waals surface area contributed by atoms with E-state index in [0.717, 1.165) is 11.3 Å². The maximum absolute atomic E-state index is 9.03. The summed E-state index contributed by atoms with van der Waals surface area (Å²) in [5, 5.41) is 12.5. The van der Waals surface area contributed by atoms with E-state index < -0.39 is 0 Å². The lowest BCUT2D eigenvalue weighted by molar-refractivity contribution is 0.282. The second-order valence-corrected chi connectivity index (χ2v) is 5.14. The first-order chi connectivity index (χ1) is 9.08. The van der Waals surface area contributed by atoms with Crippen LogP contribution in [0.1, 0.15) is 35.2 Å². The zero-order chi connectivity index (χ0) is 13.8. The summed E-state index contributed by atoms with van der Waals surface area (Å²) >= 11 is 0. The first-order valence-electron chi connectivity index (χ1n) is 6.63. The van der Waals surface area contributed by atoms with Crippen molar-refractivity contribution in [2.45, 2.75) is 33.4 Å². The van der Waals surface area contributed by atoms with Gasteiger partial charge in [-0.3, -0.25) is 0 Å². The lowest BCUT2D eigenvalue weighted by atomic mass is 10.0. The van der Waals surface area contributed by atoms with Crippen LogP contribution in [0.15, 0.2) is 42.5 Å². The SMILES string of the molecule is Cc1cc(C)cc(C(C)Nc2ccc(CO)cc2)c1. The average molecular weight is 255 g/mol. The number of benzene rings is 2. The Hall–Kier alpha value is -1.80. The minimum atomic E-state index is 0.0902. The zero-order valence-electron chi connectivity index (χ0n) is 11.8. The van der Waals surface area contributed by atoms with E-state index in [9.17, 15) is 0 Å². The summed E-state index contributed by atoms with van der Waals surface area (Å²) in [6.07, 6.45) is 0. The molecule has 100 valence electrons. The molecule has 0 aliphatic heterocycles. The van der Waals surface area contributed by atoms with Crippen molar-refractivity contribution in [3.8, 4) is 0 Å². The molecule has 2 N–H and O–H groups in total. The monoisotopic (exact) mass is 255 g/mol. The molecule has 0 spiro atoms. The molecule has 0 saturated heterocycles. The van der Waals surface area contributed by atoms with Crippen molar-refractivity contribution in [2.75, 3.05) is 5.32 Å². The predicted molar refractivity (Wildman–Crippen MR) is 80.3 cm³/mol. The van der Waals surface area contributed by atoms with Crippen LogP contribution in [0.4, 0.5) is 5.69 Å². The Morgan fingerprint density at radius 3 is 2.11 bits per heavy atom. The third kappa shape index (κ3) is 3.58. The lowest BCUT2D eigenvalue weighted by Crippen LogP contribution is -2.07. The van der Waals surface area contributed by atoms with Gasteiger partial charge >= 0.3 is 0 Å². The molecule has 2 heteroatoms. The Morgan fingerprint density at radius 2 is 1.58 bits per heavy atom. The molecule has 2 aromatic rings. The topological polar surface area (TPSA) is 32.3 Å². The number of aliphatic hydroxyl groups is 1. The molecule has 0 amide bonds. The number of aryl methyl sites for hydroxylation is 2. The third-order valence-electron chi connectivity index (χ3n) is 3.26. The minimum absolute atomic E-state index is 0.0902. The molecule has 0 radical (unpaired) electrons. The molecule has 0 heterocycles. The first-order valence-corrected chi connectivity index (χ1v) is 6.63. The first kappa shape index (κ1) is 13.6.